The van der Waals surface area contributed by atoms with E-state index in [0.717, 1.165) is 18.8 Å². The third kappa shape index (κ3) is 2.21. The molecule has 1 aromatic heterocycles. The Bertz CT molecular complexity index is 299. The maximum absolute atomic E-state index is 8.88. The van der Waals surface area contributed by atoms with Crippen molar-refractivity contribution in [2.24, 2.45) is 5.92 Å². The van der Waals surface area contributed by atoms with Gasteiger partial charge in [0.25, 0.3) is 0 Å². The third-order valence-electron chi connectivity index (χ3n) is 2.15. The van der Waals surface area contributed by atoms with E-state index in [1.165, 1.54) is 0 Å². The molecule has 0 spiro atoms. The summed E-state index contributed by atoms with van der Waals surface area (Å²) in [6.45, 7) is 2.23. The fraction of sp³-hybridized carbons (Fsp3) is 0.500. The predicted octanol–water partition coefficient (Wildman–Crippen LogP) is 0.599. The Hall–Kier alpha value is -1.13. The lowest BCUT2D eigenvalue weighted by molar-refractivity contribution is -0.0509. The van der Waals surface area contributed by atoms with Crippen LogP contribution in [-0.2, 0) is 11.3 Å². The van der Waals surface area contributed by atoms with E-state index in [9.17, 15) is 0 Å². The Balaban J connectivity index is 1.87. The largest absolute Gasteiger partial charge is 0.491 e. The molecule has 0 unspecified atom stereocenters. The van der Waals surface area contributed by atoms with Crippen LogP contribution in [0.15, 0.2) is 18.5 Å². The summed E-state index contributed by atoms with van der Waals surface area (Å²) in [5.74, 6) is 1.22. The highest BCUT2D eigenvalue weighted by Crippen LogP contribution is 2.15. The normalized spacial score (nSPS) is 16.4. The van der Waals surface area contributed by atoms with Crippen LogP contribution in [-0.4, -0.2) is 29.9 Å². The smallest absolute Gasteiger partial charge is 0.137 e. The number of pyridine rings is 1. The average Bonchev–Trinajstić information content (AvgIpc) is 2.16. The van der Waals surface area contributed by atoms with E-state index in [0.29, 0.717) is 18.3 Å². The lowest BCUT2D eigenvalue weighted by Crippen LogP contribution is -2.32. The molecule has 2 rings (SSSR count). The minimum Gasteiger partial charge on any atom is -0.491 e. The van der Waals surface area contributed by atoms with Gasteiger partial charge in [-0.05, 0) is 11.6 Å². The van der Waals surface area contributed by atoms with Gasteiger partial charge in [-0.15, -0.1) is 0 Å². The summed E-state index contributed by atoms with van der Waals surface area (Å²) < 4.78 is 10.5. The molecule has 0 aliphatic carbocycles. The van der Waals surface area contributed by atoms with E-state index < -0.39 is 0 Å². The first kappa shape index (κ1) is 9.43. The van der Waals surface area contributed by atoms with Crippen LogP contribution in [0.4, 0.5) is 0 Å². The van der Waals surface area contributed by atoms with E-state index >= 15 is 0 Å². The van der Waals surface area contributed by atoms with E-state index in [2.05, 4.69) is 4.98 Å². The molecule has 0 amide bonds. The molecule has 4 nitrogen and oxygen atoms in total. The molecule has 1 fully saturated rings. The zero-order valence-corrected chi connectivity index (χ0v) is 7.85. The molecule has 4 heteroatoms. The zero-order chi connectivity index (χ0) is 9.80. The van der Waals surface area contributed by atoms with Crippen LogP contribution >= 0.6 is 0 Å². The second kappa shape index (κ2) is 4.39. The Morgan fingerprint density at radius 3 is 3.00 bits per heavy atom. The standard InChI is InChI=1S/C10H13NO3/c12-4-8-1-10(3-11-2-8)14-7-9-5-13-6-9/h1-3,9,12H,4-7H2. The number of aromatic nitrogens is 1. The predicted molar refractivity (Wildman–Crippen MR) is 50.0 cm³/mol. The summed E-state index contributed by atoms with van der Waals surface area (Å²) in [5, 5.41) is 8.88. The molecule has 1 N–H and O–H groups in total. The average molecular weight is 195 g/mol. The summed E-state index contributed by atoms with van der Waals surface area (Å²) in [4.78, 5) is 3.96. The number of hydrogen-bond acceptors (Lipinski definition) is 4. The molecule has 0 atom stereocenters. The number of hydrogen-bond donors (Lipinski definition) is 1. The molecule has 14 heavy (non-hydrogen) atoms. The Kier molecular flexibility index (Phi) is 2.96. The number of nitrogens with zero attached hydrogens (tertiary/aromatic N) is 1. The van der Waals surface area contributed by atoms with Crippen molar-refractivity contribution in [2.45, 2.75) is 6.61 Å². The summed E-state index contributed by atoms with van der Waals surface area (Å²) in [6.07, 6.45) is 3.28. The van der Waals surface area contributed by atoms with E-state index in [-0.39, 0.29) is 6.61 Å². The van der Waals surface area contributed by atoms with Crippen LogP contribution in [0.2, 0.25) is 0 Å². The zero-order valence-electron chi connectivity index (χ0n) is 7.85. The van der Waals surface area contributed by atoms with Crippen molar-refractivity contribution in [3.8, 4) is 5.75 Å². The van der Waals surface area contributed by atoms with Crippen molar-refractivity contribution < 1.29 is 14.6 Å². The van der Waals surface area contributed by atoms with Gasteiger partial charge in [0.15, 0.2) is 0 Å². The maximum Gasteiger partial charge on any atom is 0.137 e. The van der Waals surface area contributed by atoms with Crippen LogP contribution in [0, 0.1) is 5.92 Å². The molecular formula is C10H13NO3. The lowest BCUT2D eigenvalue weighted by Gasteiger charge is -2.25. The Morgan fingerprint density at radius 2 is 2.36 bits per heavy atom. The quantitative estimate of drug-likeness (QED) is 0.764. The van der Waals surface area contributed by atoms with Crippen molar-refractivity contribution in [3.05, 3.63) is 24.0 Å². The fourth-order valence-electron chi connectivity index (χ4n) is 1.22. The van der Waals surface area contributed by atoms with Gasteiger partial charge in [-0.25, -0.2) is 0 Å². The topological polar surface area (TPSA) is 51.6 Å². The minimum atomic E-state index is -0.00323. The molecule has 0 aromatic carbocycles. The SMILES string of the molecule is OCc1cncc(OCC2COC2)c1. The molecule has 0 radical (unpaired) electrons. The van der Waals surface area contributed by atoms with Gasteiger partial charge in [0.1, 0.15) is 5.75 Å². The lowest BCUT2D eigenvalue weighted by atomic mass is 10.1. The minimum absolute atomic E-state index is 0.00323. The molecular weight excluding hydrogens is 182 g/mol. The van der Waals surface area contributed by atoms with Crippen molar-refractivity contribution in [2.75, 3.05) is 19.8 Å². The number of ether oxygens (including phenoxy) is 2. The van der Waals surface area contributed by atoms with Crippen LogP contribution in [0.3, 0.4) is 0 Å². The van der Waals surface area contributed by atoms with Gasteiger partial charge >= 0.3 is 0 Å². The molecule has 1 aliphatic rings. The maximum atomic E-state index is 8.88. The summed E-state index contributed by atoms with van der Waals surface area (Å²) in [5.41, 5.74) is 0.771. The van der Waals surface area contributed by atoms with Crippen LogP contribution in [0.5, 0.6) is 5.75 Å². The number of rotatable bonds is 4. The highest BCUT2D eigenvalue weighted by atomic mass is 16.5. The summed E-state index contributed by atoms with van der Waals surface area (Å²) >= 11 is 0. The van der Waals surface area contributed by atoms with Crippen LogP contribution in [0.1, 0.15) is 5.56 Å². The second-order valence-electron chi connectivity index (χ2n) is 3.40. The van der Waals surface area contributed by atoms with E-state index in [1.807, 2.05) is 0 Å². The molecule has 1 aliphatic heterocycles. The molecule has 2 heterocycles. The van der Waals surface area contributed by atoms with Crippen molar-refractivity contribution in [3.63, 3.8) is 0 Å². The van der Waals surface area contributed by atoms with Crippen molar-refractivity contribution in [1.29, 1.82) is 0 Å². The van der Waals surface area contributed by atoms with Gasteiger partial charge in [0, 0.05) is 12.1 Å². The van der Waals surface area contributed by atoms with Gasteiger partial charge in [-0.1, -0.05) is 0 Å². The summed E-state index contributed by atoms with van der Waals surface area (Å²) in [7, 11) is 0. The molecule has 0 bridgehead atoms. The fourth-order valence-corrected chi connectivity index (χ4v) is 1.22. The highest BCUT2D eigenvalue weighted by molar-refractivity contribution is 5.22. The van der Waals surface area contributed by atoms with Crippen LogP contribution in [0.25, 0.3) is 0 Å². The van der Waals surface area contributed by atoms with E-state index in [1.54, 1.807) is 18.5 Å². The van der Waals surface area contributed by atoms with Gasteiger partial charge in [0.2, 0.25) is 0 Å². The number of aliphatic hydroxyl groups excluding tert-OH is 1. The van der Waals surface area contributed by atoms with E-state index in [4.69, 9.17) is 14.6 Å². The molecule has 1 saturated heterocycles. The highest BCUT2D eigenvalue weighted by Gasteiger charge is 2.18. The second-order valence-corrected chi connectivity index (χ2v) is 3.40. The van der Waals surface area contributed by atoms with Gasteiger partial charge < -0.3 is 14.6 Å². The van der Waals surface area contributed by atoms with Gasteiger partial charge in [-0.3, -0.25) is 4.98 Å². The van der Waals surface area contributed by atoms with Gasteiger partial charge in [-0.2, -0.15) is 0 Å². The molecule has 1 aromatic rings. The third-order valence-corrected chi connectivity index (χ3v) is 2.15. The first-order chi connectivity index (χ1) is 6.88. The van der Waals surface area contributed by atoms with Crippen molar-refractivity contribution >= 4 is 0 Å². The Morgan fingerprint density at radius 1 is 1.50 bits per heavy atom. The first-order valence-electron chi connectivity index (χ1n) is 4.64. The van der Waals surface area contributed by atoms with Crippen molar-refractivity contribution in [1.82, 2.24) is 4.98 Å². The van der Waals surface area contributed by atoms with Gasteiger partial charge in [0.05, 0.1) is 32.6 Å². The first-order valence-corrected chi connectivity index (χ1v) is 4.64. The summed E-state index contributed by atoms with van der Waals surface area (Å²) in [6, 6.07) is 1.80. The monoisotopic (exact) mass is 195 g/mol. The molecule has 76 valence electrons. The Labute approximate surface area is 82.5 Å². The number of aliphatic hydroxyl groups is 1. The molecule has 0 saturated carbocycles. The van der Waals surface area contributed by atoms with Crippen LogP contribution < -0.4 is 4.74 Å².